The van der Waals surface area contributed by atoms with Crippen molar-refractivity contribution in [2.75, 3.05) is 6.61 Å². The number of carbonyl (C=O) groups is 1. The Morgan fingerprint density at radius 2 is 2.19 bits per heavy atom. The van der Waals surface area contributed by atoms with Crippen molar-refractivity contribution in [2.24, 2.45) is 0 Å². The van der Waals surface area contributed by atoms with E-state index in [1.807, 2.05) is 0 Å². The molecule has 0 amide bonds. The van der Waals surface area contributed by atoms with Gasteiger partial charge in [0.05, 0.1) is 17.2 Å². The fraction of sp³-hybridized carbons (Fsp3) is 0.231. The third kappa shape index (κ3) is 3.27. The number of halogens is 1. The molecular weight excluding hydrogens is 344 g/mol. The van der Waals surface area contributed by atoms with E-state index in [0.29, 0.717) is 15.7 Å². The number of esters is 1. The summed E-state index contributed by atoms with van der Waals surface area (Å²) in [6, 6.07) is 4.31. The molecule has 0 saturated heterocycles. The smallest absolute Gasteiger partial charge is 0.376 e. The van der Waals surface area contributed by atoms with Crippen LogP contribution < -0.4 is 0 Å². The summed E-state index contributed by atoms with van der Waals surface area (Å²) in [5.74, 6) is -0.493. The van der Waals surface area contributed by atoms with Gasteiger partial charge in [-0.2, -0.15) is 0 Å². The van der Waals surface area contributed by atoms with Crippen LogP contribution in [-0.4, -0.2) is 22.5 Å². The number of nitro groups is 1. The highest BCUT2D eigenvalue weighted by Crippen LogP contribution is 2.29. The minimum atomic E-state index is -0.613. The first-order chi connectivity index (χ1) is 9.92. The topological polar surface area (TPSA) is 95.5 Å². The molecule has 8 heteroatoms. The predicted octanol–water partition coefficient (Wildman–Crippen LogP) is 3.50. The van der Waals surface area contributed by atoms with Gasteiger partial charge in [-0.15, -0.1) is 0 Å². The third-order valence-electron chi connectivity index (χ3n) is 2.60. The minimum Gasteiger partial charge on any atom is -0.460 e. The molecule has 0 spiro atoms. The number of nitro benzene ring substituents is 1. The molecule has 2 rings (SSSR count). The van der Waals surface area contributed by atoms with Gasteiger partial charge in [0.1, 0.15) is 0 Å². The number of aryl methyl sites for hydroxylation is 1. The fourth-order valence-electron chi connectivity index (χ4n) is 1.71. The van der Waals surface area contributed by atoms with Gasteiger partial charge in [-0.3, -0.25) is 10.1 Å². The van der Waals surface area contributed by atoms with E-state index in [1.54, 1.807) is 19.9 Å². The van der Waals surface area contributed by atoms with Gasteiger partial charge in [-0.1, -0.05) is 15.9 Å². The Hall–Kier alpha value is -2.22. The standard InChI is InChI=1S/C13H11BrN2O5/c1-3-20-13(17)11-7(2)15-12(21-11)8-4-9(14)6-10(5-8)16(18)19/h4-6H,3H2,1-2H3. The largest absolute Gasteiger partial charge is 0.460 e. The number of non-ortho nitro benzene ring substituents is 1. The summed E-state index contributed by atoms with van der Waals surface area (Å²) in [7, 11) is 0. The quantitative estimate of drug-likeness (QED) is 0.473. The van der Waals surface area contributed by atoms with Crippen LogP contribution in [0, 0.1) is 17.0 Å². The molecule has 0 aliphatic heterocycles. The summed E-state index contributed by atoms with van der Waals surface area (Å²) in [5, 5.41) is 10.9. The Kier molecular flexibility index (Phi) is 4.37. The van der Waals surface area contributed by atoms with Crippen LogP contribution >= 0.6 is 15.9 Å². The van der Waals surface area contributed by atoms with Gasteiger partial charge < -0.3 is 9.15 Å². The highest BCUT2D eigenvalue weighted by Gasteiger charge is 2.21. The van der Waals surface area contributed by atoms with E-state index < -0.39 is 10.9 Å². The van der Waals surface area contributed by atoms with Gasteiger partial charge in [0.2, 0.25) is 11.7 Å². The fourth-order valence-corrected chi connectivity index (χ4v) is 2.19. The number of nitrogens with zero attached hydrogens (tertiary/aromatic N) is 2. The molecule has 0 fully saturated rings. The first-order valence-electron chi connectivity index (χ1n) is 6.02. The van der Waals surface area contributed by atoms with Gasteiger partial charge in [0.25, 0.3) is 5.69 Å². The van der Waals surface area contributed by atoms with Crippen LogP contribution in [0.15, 0.2) is 27.1 Å². The summed E-state index contributed by atoms with van der Waals surface area (Å²) in [5.41, 5.74) is 0.661. The number of aromatic nitrogens is 1. The zero-order chi connectivity index (χ0) is 15.6. The van der Waals surface area contributed by atoms with E-state index in [4.69, 9.17) is 9.15 Å². The number of ether oxygens (including phenoxy) is 1. The van der Waals surface area contributed by atoms with Crippen LogP contribution in [0.25, 0.3) is 11.5 Å². The third-order valence-corrected chi connectivity index (χ3v) is 3.06. The van der Waals surface area contributed by atoms with Crippen molar-refractivity contribution in [1.82, 2.24) is 4.98 Å². The first kappa shape index (κ1) is 15.2. The lowest BCUT2D eigenvalue weighted by Gasteiger charge is -1.99. The van der Waals surface area contributed by atoms with Crippen molar-refractivity contribution in [1.29, 1.82) is 0 Å². The van der Waals surface area contributed by atoms with Crippen molar-refractivity contribution in [3.63, 3.8) is 0 Å². The average molecular weight is 355 g/mol. The lowest BCUT2D eigenvalue weighted by molar-refractivity contribution is -0.384. The SMILES string of the molecule is CCOC(=O)c1oc(-c2cc(Br)cc([N+](=O)[O-])c2)nc1C. The second-order valence-corrected chi connectivity index (χ2v) is 5.02. The molecule has 2 aromatic rings. The second kappa shape index (κ2) is 6.04. The number of rotatable bonds is 4. The molecule has 110 valence electrons. The Labute approximate surface area is 128 Å². The maximum atomic E-state index is 11.7. The summed E-state index contributed by atoms with van der Waals surface area (Å²) in [4.78, 5) is 26.1. The minimum absolute atomic E-state index is 0.00511. The Morgan fingerprint density at radius 1 is 1.48 bits per heavy atom. The van der Waals surface area contributed by atoms with Crippen molar-refractivity contribution in [2.45, 2.75) is 13.8 Å². The van der Waals surface area contributed by atoms with Crippen molar-refractivity contribution < 1.29 is 18.9 Å². The van der Waals surface area contributed by atoms with Gasteiger partial charge in [0, 0.05) is 22.2 Å². The van der Waals surface area contributed by atoms with Crippen molar-refractivity contribution in [3.05, 3.63) is 44.2 Å². The molecule has 0 bridgehead atoms. The van der Waals surface area contributed by atoms with Crippen molar-refractivity contribution in [3.8, 4) is 11.5 Å². The maximum Gasteiger partial charge on any atom is 0.376 e. The van der Waals surface area contributed by atoms with Crippen molar-refractivity contribution >= 4 is 27.6 Å². The Morgan fingerprint density at radius 3 is 2.81 bits per heavy atom. The number of hydrogen-bond acceptors (Lipinski definition) is 6. The van der Waals surface area contributed by atoms with Gasteiger partial charge in [-0.05, 0) is 19.9 Å². The lowest BCUT2D eigenvalue weighted by atomic mass is 10.2. The van der Waals surface area contributed by atoms with Crippen LogP contribution in [0.3, 0.4) is 0 Å². The average Bonchev–Trinajstić information content (AvgIpc) is 2.80. The monoisotopic (exact) mass is 354 g/mol. The zero-order valence-corrected chi connectivity index (χ0v) is 12.8. The molecular formula is C13H11BrN2O5. The summed E-state index contributed by atoms with van der Waals surface area (Å²) in [6.45, 7) is 3.50. The lowest BCUT2D eigenvalue weighted by Crippen LogP contribution is -2.04. The molecule has 1 aromatic carbocycles. The van der Waals surface area contributed by atoms with Crippen LogP contribution in [0.1, 0.15) is 23.2 Å². The summed E-state index contributed by atoms with van der Waals surface area (Å²) in [6.07, 6.45) is 0. The van der Waals surface area contributed by atoms with E-state index in [0.717, 1.165) is 0 Å². The van der Waals surface area contributed by atoms with E-state index in [9.17, 15) is 14.9 Å². The van der Waals surface area contributed by atoms with Gasteiger partial charge >= 0.3 is 5.97 Å². The van der Waals surface area contributed by atoms with Crippen LogP contribution in [0.5, 0.6) is 0 Å². The van der Waals surface area contributed by atoms with Gasteiger partial charge in [-0.25, -0.2) is 9.78 Å². The van der Waals surface area contributed by atoms with E-state index in [1.165, 1.54) is 12.1 Å². The summed E-state index contributed by atoms with van der Waals surface area (Å²) < 4.78 is 10.7. The van der Waals surface area contributed by atoms with Crippen LogP contribution in [-0.2, 0) is 4.74 Å². The molecule has 0 radical (unpaired) electrons. The van der Waals surface area contributed by atoms with E-state index in [2.05, 4.69) is 20.9 Å². The molecule has 1 heterocycles. The van der Waals surface area contributed by atoms with Gasteiger partial charge in [0.15, 0.2) is 0 Å². The number of benzene rings is 1. The van der Waals surface area contributed by atoms with E-state index >= 15 is 0 Å². The van der Waals surface area contributed by atoms with Crippen LogP contribution in [0.4, 0.5) is 5.69 Å². The first-order valence-corrected chi connectivity index (χ1v) is 6.81. The molecule has 0 saturated carbocycles. The molecule has 7 nitrogen and oxygen atoms in total. The maximum absolute atomic E-state index is 11.7. The molecule has 0 aliphatic carbocycles. The molecule has 0 aliphatic rings. The summed E-state index contributed by atoms with van der Waals surface area (Å²) >= 11 is 3.19. The number of hydrogen-bond donors (Lipinski definition) is 0. The van der Waals surface area contributed by atoms with Crippen LogP contribution in [0.2, 0.25) is 0 Å². The molecule has 1 aromatic heterocycles. The Bertz CT molecular complexity index is 711. The highest BCUT2D eigenvalue weighted by atomic mass is 79.9. The highest BCUT2D eigenvalue weighted by molar-refractivity contribution is 9.10. The molecule has 0 atom stereocenters. The molecule has 0 N–H and O–H groups in total. The normalized spacial score (nSPS) is 10.4. The second-order valence-electron chi connectivity index (χ2n) is 4.11. The number of oxazole rings is 1. The molecule has 0 unspecified atom stereocenters. The van der Waals surface area contributed by atoms with E-state index in [-0.39, 0.29) is 23.9 Å². The predicted molar refractivity (Wildman–Crippen MR) is 77.0 cm³/mol. The zero-order valence-electron chi connectivity index (χ0n) is 11.3. The molecule has 21 heavy (non-hydrogen) atoms. The Balaban J connectivity index is 2.46. The number of carbonyl (C=O) groups excluding carboxylic acids is 1.